The van der Waals surface area contributed by atoms with Crippen molar-refractivity contribution in [2.75, 3.05) is 0 Å². The Kier molecular flexibility index (Phi) is 5.99. The Morgan fingerprint density at radius 2 is 1.82 bits per heavy atom. The monoisotopic (exact) mass is 244 g/mol. The lowest BCUT2D eigenvalue weighted by atomic mass is 9.99. The van der Waals surface area contributed by atoms with E-state index in [0.29, 0.717) is 6.42 Å². The number of rotatable bonds is 6. The predicted molar refractivity (Wildman–Crippen MR) is 66.9 cm³/mol. The van der Waals surface area contributed by atoms with Gasteiger partial charge < -0.3 is 15.7 Å². The van der Waals surface area contributed by atoms with E-state index in [-0.39, 0.29) is 11.5 Å². The highest BCUT2D eigenvalue weighted by molar-refractivity contribution is 5.83. The van der Waals surface area contributed by atoms with Crippen molar-refractivity contribution in [1.29, 1.82) is 0 Å². The van der Waals surface area contributed by atoms with E-state index in [1.54, 1.807) is 0 Å². The van der Waals surface area contributed by atoms with Gasteiger partial charge in [-0.1, -0.05) is 27.2 Å². The highest BCUT2D eigenvalue weighted by Gasteiger charge is 2.27. The van der Waals surface area contributed by atoms with Crippen LogP contribution in [0.3, 0.4) is 0 Å². The first-order valence-electron chi connectivity index (χ1n) is 6.05. The first-order valence-corrected chi connectivity index (χ1v) is 6.05. The van der Waals surface area contributed by atoms with E-state index in [4.69, 9.17) is 5.11 Å². The minimum absolute atomic E-state index is 0.0945. The molecule has 0 rings (SSSR count). The summed E-state index contributed by atoms with van der Waals surface area (Å²) in [6.45, 7) is 9.46. The molecule has 0 saturated heterocycles. The van der Waals surface area contributed by atoms with Gasteiger partial charge in [0, 0.05) is 5.54 Å². The molecule has 0 saturated carbocycles. The standard InChI is InChI=1S/C12H24N2O3/c1-6-8(3)9(10(15)16)13-11(17)14-12(4,5)7-2/h8-9H,6-7H2,1-5H3,(H,15,16)(H2,13,14,17)/t8?,9-/m0/s1. The van der Waals surface area contributed by atoms with Gasteiger partial charge in [-0.05, 0) is 26.2 Å². The molecule has 0 aliphatic rings. The number of aliphatic carboxylic acids is 1. The van der Waals surface area contributed by atoms with Crippen molar-refractivity contribution in [3.8, 4) is 0 Å². The molecule has 2 amide bonds. The van der Waals surface area contributed by atoms with Crippen molar-refractivity contribution in [3.63, 3.8) is 0 Å². The van der Waals surface area contributed by atoms with Crippen molar-refractivity contribution < 1.29 is 14.7 Å². The lowest BCUT2D eigenvalue weighted by molar-refractivity contribution is -0.140. The van der Waals surface area contributed by atoms with Crippen LogP contribution in [0.25, 0.3) is 0 Å². The second-order valence-electron chi connectivity index (χ2n) is 5.04. The van der Waals surface area contributed by atoms with Gasteiger partial charge >= 0.3 is 12.0 Å². The third-order valence-electron chi connectivity index (χ3n) is 3.10. The van der Waals surface area contributed by atoms with Gasteiger partial charge in [-0.3, -0.25) is 0 Å². The van der Waals surface area contributed by atoms with Crippen molar-refractivity contribution in [3.05, 3.63) is 0 Å². The quantitative estimate of drug-likeness (QED) is 0.668. The van der Waals surface area contributed by atoms with Gasteiger partial charge in [-0.2, -0.15) is 0 Å². The molecule has 0 bridgehead atoms. The highest BCUT2D eigenvalue weighted by atomic mass is 16.4. The Morgan fingerprint density at radius 1 is 1.29 bits per heavy atom. The zero-order chi connectivity index (χ0) is 13.6. The molecular formula is C12H24N2O3. The molecule has 0 radical (unpaired) electrons. The van der Waals surface area contributed by atoms with Crippen molar-refractivity contribution in [2.24, 2.45) is 5.92 Å². The van der Waals surface area contributed by atoms with Crippen LogP contribution in [0.4, 0.5) is 4.79 Å². The molecule has 1 unspecified atom stereocenters. The normalized spacial score (nSPS) is 14.9. The molecular weight excluding hydrogens is 220 g/mol. The van der Waals surface area contributed by atoms with Crippen LogP contribution in [0, 0.1) is 5.92 Å². The maximum Gasteiger partial charge on any atom is 0.326 e. The second-order valence-corrected chi connectivity index (χ2v) is 5.04. The lowest BCUT2D eigenvalue weighted by Crippen LogP contribution is -2.54. The molecule has 0 spiro atoms. The molecule has 5 heteroatoms. The average molecular weight is 244 g/mol. The predicted octanol–water partition coefficient (Wildman–Crippen LogP) is 1.97. The summed E-state index contributed by atoms with van der Waals surface area (Å²) in [5, 5.41) is 14.3. The Hall–Kier alpha value is -1.26. The molecule has 0 aromatic rings. The van der Waals surface area contributed by atoms with Gasteiger partial charge in [0.15, 0.2) is 0 Å². The van der Waals surface area contributed by atoms with Crippen molar-refractivity contribution in [2.45, 2.75) is 59.0 Å². The van der Waals surface area contributed by atoms with E-state index in [9.17, 15) is 9.59 Å². The summed E-state index contributed by atoms with van der Waals surface area (Å²) in [6, 6.07) is -1.27. The SMILES string of the molecule is CCC(C)[C@H](NC(=O)NC(C)(C)CC)C(=O)O. The molecule has 0 aliphatic heterocycles. The number of carbonyl (C=O) groups is 2. The molecule has 0 aromatic carbocycles. The number of amides is 2. The smallest absolute Gasteiger partial charge is 0.326 e. The number of hydrogen-bond acceptors (Lipinski definition) is 2. The summed E-state index contributed by atoms with van der Waals surface area (Å²) in [5.74, 6) is -1.09. The van der Waals surface area contributed by atoms with E-state index < -0.39 is 18.0 Å². The van der Waals surface area contributed by atoms with E-state index in [1.807, 2.05) is 34.6 Å². The van der Waals surface area contributed by atoms with E-state index in [1.165, 1.54) is 0 Å². The number of carboxylic acid groups (broad SMARTS) is 1. The molecule has 5 nitrogen and oxygen atoms in total. The molecule has 100 valence electrons. The van der Waals surface area contributed by atoms with Gasteiger partial charge in [-0.15, -0.1) is 0 Å². The average Bonchev–Trinajstić information content (AvgIpc) is 2.24. The minimum Gasteiger partial charge on any atom is -0.480 e. The molecule has 17 heavy (non-hydrogen) atoms. The van der Waals surface area contributed by atoms with Gasteiger partial charge in [0.1, 0.15) is 6.04 Å². The van der Waals surface area contributed by atoms with Crippen LogP contribution in [0.2, 0.25) is 0 Å². The molecule has 3 N–H and O–H groups in total. The number of nitrogens with one attached hydrogen (secondary N) is 2. The maximum atomic E-state index is 11.7. The number of carbonyl (C=O) groups excluding carboxylic acids is 1. The van der Waals surface area contributed by atoms with E-state index in [2.05, 4.69) is 10.6 Å². The summed E-state index contributed by atoms with van der Waals surface area (Å²) in [7, 11) is 0. The molecule has 0 aliphatic carbocycles. The van der Waals surface area contributed by atoms with Gasteiger partial charge in [0.2, 0.25) is 0 Å². The fourth-order valence-electron chi connectivity index (χ4n) is 1.26. The van der Waals surface area contributed by atoms with Gasteiger partial charge in [0.05, 0.1) is 0 Å². The molecule has 2 atom stereocenters. The van der Waals surface area contributed by atoms with Crippen LogP contribution < -0.4 is 10.6 Å². The fraction of sp³-hybridized carbons (Fsp3) is 0.833. The third-order valence-corrected chi connectivity index (χ3v) is 3.10. The summed E-state index contributed by atoms with van der Waals surface area (Å²) in [5.41, 5.74) is -0.331. The molecule has 0 aromatic heterocycles. The number of hydrogen-bond donors (Lipinski definition) is 3. The van der Waals surface area contributed by atoms with Crippen LogP contribution in [0.5, 0.6) is 0 Å². The maximum absolute atomic E-state index is 11.7. The molecule has 0 fully saturated rings. The Balaban J connectivity index is 4.47. The van der Waals surface area contributed by atoms with Gasteiger partial charge in [0.25, 0.3) is 0 Å². The fourth-order valence-corrected chi connectivity index (χ4v) is 1.26. The van der Waals surface area contributed by atoms with E-state index in [0.717, 1.165) is 6.42 Å². The van der Waals surface area contributed by atoms with Crippen molar-refractivity contribution >= 4 is 12.0 Å². The highest BCUT2D eigenvalue weighted by Crippen LogP contribution is 2.09. The van der Waals surface area contributed by atoms with Crippen molar-refractivity contribution in [1.82, 2.24) is 10.6 Å². The van der Waals surface area contributed by atoms with Crippen LogP contribution >= 0.6 is 0 Å². The summed E-state index contributed by atoms with van der Waals surface area (Å²) >= 11 is 0. The first-order chi connectivity index (χ1) is 7.73. The zero-order valence-corrected chi connectivity index (χ0v) is 11.3. The topological polar surface area (TPSA) is 78.4 Å². The molecule has 0 heterocycles. The lowest BCUT2D eigenvalue weighted by Gasteiger charge is -2.27. The Labute approximate surface area is 103 Å². The zero-order valence-electron chi connectivity index (χ0n) is 11.3. The third kappa shape index (κ3) is 5.56. The van der Waals surface area contributed by atoms with Gasteiger partial charge in [-0.25, -0.2) is 9.59 Å². The number of urea groups is 1. The summed E-state index contributed by atoms with van der Waals surface area (Å²) < 4.78 is 0. The minimum atomic E-state index is -0.996. The Bertz CT molecular complexity index is 277. The van der Waals surface area contributed by atoms with Crippen LogP contribution in [0.15, 0.2) is 0 Å². The van der Waals surface area contributed by atoms with Crippen LogP contribution in [-0.2, 0) is 4.79 Å². The summed E-state index contributed by atoms with van der Waals surface area (Å²) in [6.07, 6.45) is 1.48. The number of carboxylic acids is 1. The Morgan fingerprint density at radius 3 is 2.18 bits per heavy atom. The van der Waals surface area contributed by atoms with E-state index >= 15 is 0 Å². The summed E-state index contributed by atoms with van der Waals surface area (Å²) in [4.78, 5) is 22.7. The first kappa shape index (κ1) is 15.7. The van der Waals surface area contributed by atoms with Crippen LogP contribution in [0.1, 0.15) is 47.5 Å². The largest absolute Gasteiger partial charge is 0.480 e. The second kappa shape index (κ2) is 6.47. The van der Waals surface area contributed by atoms with Crippen LogP contribution in [-0.4, -0.2) is 28.7 Å².